The van der Waals surface area contributed by atoms with Crippen LogP contribution in [0, 0.1) is 0 Å². The van der Waals surface area contributed by atoms with Crippen molar-refractivity contribution < 1.29 is 9.53 Å². The van der Waals surface area contributed by atoms with E-state index >= 15 is 0 Å². The molecule has 1 aliphatic heterocycles. The fourth-order valence-corrected chi connectivity index (χ4v) is 4.28. The molecular weight excluding hydrogens is 394 g/mol. The van der Waals surface area contributed by atoms with Crippen molar-refractivity contribution in [1.82, 2.24) is 14.9 Å². The molecule has 1 N–H and O–H groups in total. The van der Waals surface area contributed by atoms with Crippen molar-refractivity contribution in [3.63, 3.8) is 0 Å². The Hall–Kier alpha value is -2.44. The molecule has 28 heavy (non-hydrogen) atoms. The number of thioether (sulfide) groups is 1. The first-order chi connectivity index (χ1) is 13.7. The summed E-state index contributed by atoms with van der Waals surface area (Å²) in [6.45, 7) is 3.84. The molecule has 3 aromatic rings. The summed E-state index contributed by atoms with van der Waals surface area (Å²) in [7, 11) is 0. The summed E-state index contributed by atoms with van der Waals surface area (Å²) in [6, 6.07) is 14.8. The normalized spacial score (nSPS) is 12.6. The zero-order chi connectivity index (χ0) is 19.5. The standard InChI is InChI=1S/C21H20ClN3O2S/c1-2-27-17-9-5-15(6-10-17)20(26)23-13-18-19(14-3-7-16(22)8-4-14)24-21-25(18)11-12-28-21/h3-10H,2,11-13H2,1H3,(H,23,26). The van der Waals surface area contributed by atoms with Crippen LogP contribution in [-0.4, -0.2) is 27.8 Å². The average molecular weight is 414 g/mol. The largest absolute Gasteiger partial charge is 0.494 e. The van der Waals surface area contributed by atoms with Crippen molar-refractivity contribution in [2.24, 2.45) is 0 Å². The van der Waals surface area contributed by atoms with Gasteiger partial charge in [-0.25, -0.2) is 4.98 Å². The molecule has 2 heterocycles. The molecule has 5 nitrogen and oxygen atoms in total. The maximum Gasteiger partial charge on any atom is 0.251 e. The Kier molecular flexibility index (Phi) is 5.59. The van der Waals surface area contributed by atoms with Gasteiger partial charge in [-0.2, -0.15) is 0 Å². The Morgan fingerprint density at radius 1 is 1.21 bits per heavy atom. The van der Waals surface area contributed by atoms with Gasteiger partial charge in [-0.3, -0.25) is 4.79 Å². The van der Waals surface area contributed by atoms with Crippen LogP contribution in [0.2, 0.25) is 5.02 Å². The Morgan fingerprint density at radius 3 is 2.68 bits per heavy atom. The monoisotopic (exact) mass is 413 g/mol. The molecule has 0 unspecified atom stereocenters. The van der Waals surface area contributed by atoms with Crippen molar-refractivity contribution in [2.45, 2.75) is 25.2 Å². The van der Waals surface area contributed by atoms with Crippen molar-refractivity contribution >= 4 is 29.3 Å². The molecule has 4 rings (SSSR count). The predicted octanol–water partition coefficient (Wildman–Crippen LogP) is 4.64. The lowest BCUT2D eigenvalue weighted by Gasteiger charge is -2.10. The van der Waals surface area contributed by atoms with Crippen LogP contribution in [0.25, 0.3) is 11.3 Å². The highest BCUT2D eigenvalue weighted by Crippen LogP contribution is 2.33. The van der Waals surface area contributed by atoms with Gasteiger partial charge in [0.15, 0.2) is 5.16 Å². The van der Waals surface area contributed by atoms with E-state index in [4.69, 9.17) is 21.3 Å². The number of imidazole rings is 1. The Balaban J connectivity index is 1.54. The first kappa shape index (κ1) is 18.9. The van der Waals surface area contributed by atoms with Gasteiger partial charge in [-0.05, 0) is 43.3 Å². The van der Waals surface area contributed by atoms with Crippen LogP contribution in [0.5, 0.6) is 5.75 Å². The number of hydrogen-bond donors (Lipinski definition) is 1. The molecule has 1 aliphatic rings. The molecule has 1 amide bonds. The van der Waals surface area contributed by atoms with Gasteiger partial charge < -0.3 is 14.6 Å². The van der Waals surface area contributed by atoms with Crippen LogP contribution in [0.4, 0.5) is 0 Å². The van der Waals surface area contributed by atoms with E-state index in [0.29, 0.717) is 23.7 Å². The SMILES string of the molecule is CCOc1ccc(C(=O)NCc2c(-c3ccc(Cl)cc3)nc3n2CCS3)cc1. The number of carbonyl (C=O) groups excluding carboxylic acids is 1. The Labute approximate surface area is 173 Å². The minimum atomic E-state index is -0.119. The van der Waals surface area contributed by atoms with E-state index in [9.17, 15) is 4.79 Å². The number of halogens is 1. The highest BCUT2D eigenvalue weighted by Gasteiger charge is 2.23. The molecule has 7 heteroatoms. The number of ether oxygens (including phenoxy) is 1. The fraction of sp³-hybridized carbons (Fsp3) is 0.238. The third-order valence-electron chi connectivity index (χ3n) is 4.55. The van der Waals surface area contributed by atoms with Crippen LogP contribution >= 0.6 is 23.4 Å². The minimum absolute atomic E-state index is 0.119. The molecule has 144 valence electrons. The maximum absolute atomic E-state index is 12.6. The van der Waals surface area contributed by atoms with E-state index in [0.717, 1.165) is 40.2 Å². The fourth-order valence-electron chi connectivity index (χ4n) is 3.19. The molecule has 0 spiro atoms. The molecule has 0 saturated carbocycles. The zero-order valence-corrected chi connectivity index (χ0v) is 17.0. The number of fused-ring (bicyclic) bond motifs is 1. The summed E-state index contributed by atoms with van der Waals surface area (Å²) in [5, 5.41) is 4.71. The molecule has 0 saturated heterocycles. The first-order valence-electron chi connectivity index (χ1n) is 9.15. The predicted molar refractivity (Wildman–Crippen MR) is 112 cm³/mol. The van der Waals surface area contributed by atoms with Crippen molar-refractivity contribution in [1.29, 1.82) is 0 Å². The smallest absolute Gasteiger partial charge is 0.251 e. The molecule has 0 radical (unpaired) electrons. The number of rotatable bonds is 6. The number of aromatic nitrogens is 2. The number of carbonyl (C=O) groups is 1. The van der Waals surface area contributed by atoms with Crippen molar-refractivity contribution in [3.8, 4) is 17.0 Å². The van der Waals surface area contributed by atoms with E-state index in [1.807, 2.05) is 43.3 Å². The molecule has 0 fully saturated rings. The Bertz CT molecular complexity index is 984. The summed E-state index contributed by atoms with van der Waals surface area (Å²) in [6.07, 6.45) is 0. The third-order valence-corrected chi connectivity index (χ3v) is 5.75. The van der Waals surface area contributed by atoms with E-state index in [1.165, 1.54) is 0 Å². The molecule has 0 atom stereocenters. The maximum atomic E-state index is 12.6. The average Bonchev–Trinajstić information content (AvgIpc) is 3.29. The van der Waals surface area contributed by atoms with Gasteiger partial charge in [0.05, 0.1) is 24.5 Å². The van der Waals surface area contributed by atoms with Crippen LogP contribution in [-0.2, 0) is 13.1 Å². The molecule has 1 aromatic heterocycles. The second-order valence-corrected chi connectivity index (χ2v) is 7.84. The topological polar surface area (TPSA) is 56.1 Å². The van der Waals surface area contributed by atoms with E-state index in [-0.39, 0.29) is 5.91 Å². The molecule has 0 aliphatic carbocycles. The lowest BCUT2D eigenvalue weighted by molar-refractivity contribution is 0.0950. The second-order valence-electron chi connectivity index (χ2n) is 6.34. The summed E-state index contributed by atoms with van der Waals surface area (Å²) >= 11 is 7.76. The van der Waals surface area contributed by atoms with Gasteiger partial charge in [0.2, 0.25) is 0 Å². The van der Waals surface area contributed by atoms with Gasteiger partial charge in [-0.1, -0.05) is 35.5 Å². The summed E-state index contributed by atoms with van der Waals surface area (Å²) in [4.78, 5) is 17.4. The number of benzene rings is 2. The van der Waals surface area contributed by atoms with Gasteiger partial charge in [0, 0.05) is 28.4 Å². The quantitative estimate of drug-likeness (QED) is 0.639. The van der Waals surface area contributed by atoms with Crippen LogP contribution in [0.1, 0.15) is 23.0 Å². The number of hydrogen-bond acceptors (Lipinski definition) is 4. The summed E-state index contributed by atoms with van der Waals surface area (Å²) < 4.78 is 7.62. The van der Waals surface area contributed by atoms with Gasteiger partial charge in [-0.15, -0.1) is 0 Å². The van der Waals surface area contributed by atoms with E-state index in [1.54, 1.807) is 23.9 Å². The molecular formula is C21H20ClN3O2S. The number of nitrogens with one attached hydrogen (secondary N) is 1. The van der Waals surface area contributed by atoms with Gasteiger partial charge in [0.25, 0.3) is 5.91 Å². The first-order valence-corrected chi connectivity index (χ1v) is 10.5. The highest BCUT2D eigenvalue weighted by atomic mass is 35.5. The van der Waals surface area contributed by atoms with Crippen molar-refractivity contribution in [3.05, 3.63) is 64.8 Å². The van der Waals surface area contributed by atoms with Gasteiger partial charge in [0.1, 0.15) is 5.75 Å². The van der Waals surface area contributed by atoms with E-state index in [2.05, 4.69) is 9.88 Å². The summed E-state index contributed by atoms with van der Waals surface area (Å²) in [5.41, 5.74) is 3.51. The van der Waals surface area contributed by atoms with E-state index < -0.39 is 0 Å². The van der Waals surface area contributed by atoms with Crippen molar-refractivity contribution in [2.75, 3.05) is 12.4 Å². The summed E-state index contributed by atoms with van der Waals surface area (Å²) in [5.74, 6) is 1.64. The molecule has 2 aromatic carbocycles. The minimum Gasteiger partial charge on any atom is -0.494 e. The van der Waals surface area contributed by atoms with Crippen LogP contribution in [0.15, 0.2) is 53.7 Å². The third kappa shape index (κ3) is 3.88. The lowest BCUT2D eigenvalue weighted by Crippen LogP contribution is -2.24. The van der Waals surface area contributed by atoms with Crippen LogP contribution in [0.3, 0.4) is 0 Å². The van der Waals surface area contributed by atoms with Gasteiger partial charge >= 0.3 is 0 Å². The second kappa shape index (κ2) is 8.29. The Morgan fingerprint density at radius 2 is 1.96 bits per heavy atom. The number of amides is 1. The zero-order valence-electron chi connectivity index (χ0n) is 15.4. The van der Waals surface area contributed by atoms with Crippen LogP contribution < -0.4 is 10.1 Å². The highest BCUT2D eigenvalue weighted by molar-refractivity contribution is 7.99. The number of nitrogens with zero attached hydrogens (tertiary/aromatic N) is 2. The lowest BCUT2D eigenvalue weighted by atomic mass is 10.1. The molecule has 0 bridgehead atoms.